The van der Waals surface area contributed by atoms with Crippen LogP contribution in [-0.2, 0) is 0 Å². The summed E-state index contributed by atoms with van der Waals surface area (Å²) in [4.78, 5) is 23.4. The molecule has 0 unspecified atom stereocenters. The van der Waals surface area contributed by atoms with Gasteiger partial charge in [0.15, 0.2) is 5.82 Å². The lowest BCUT2D eigenvalue weighted by atomic mass is 10.2. The van der Waals surface area contributed by atoms with Crippen molar-refractivity contribution in [3.8, 4) is 0 Å². The standard InChI is InChI=1S/C12H10Cl2N4O2/c1-6-4-10(18-17-6)15-12(20)16-11(19)7-2-3-8(13)9(14)5-7/h2-5H,1H3,(H3,15,16,17,18,19,20). The van der Waals surface area contributed by atoms with Crippen LogP contribution in [0.4, 0.5) is 10.6 Å². The zero-order valence-electron chi connectivity index (χ0n) is 10.3. The Morgan fingerprint density at radius 1 is 1.20 bits per heavy atom. The fraction of sp³-hybridized carbons (Fsp3) is 0.0833. The van der Waals surface area contributed by atoms with E-state index in [2.05, 4.69) is 20.8 Å². The molecule has 8 heteroatoms. The van der Waals surface area contributed by atoms with Crippen LogP contribution in [0.1, 0.15) is 16.1 Å². The van der Waals surface area contributed by atoms with Crippen LogP contribution in [0.25, 0.3) is 0 Å². The molecule has 0 aliphatic heterocycles. The predicted octanol–water partition coefficient (Wildman–Crippen LogP) is 2.99. The van der Waals surface area contributed by atoms with Gasteiger partial charge in [0, 0.05) is 17.3 Å². The molecule has 0 aliphatic carbocycles. The predicted molar refractivity (Wildman–Crippen MR) is 76.3 cm³/mol. The van der Waals surface area contributed by atoms with Gasteiger partial charge in [-0.15, -0.1) is 0 Å². The number of aromatic nitrogens is 2. The molecule has 104 valence electrons. The lowest BCUT2D eigenvalue weighted by Crippen LogP contribution is -2.34. The molecule has 3 N–H and O–H groups in total. The molecule has 0 atom stereocenters. The van der Waals surface area contributed by atoms with Crippen molar-refractivity contribution in [2.75, 3.05) is 5.32 Å². The van der Waals surface area contributed by atoms with E-state index in [1.165, 1.54) is 18.2 Å². The van der Waals surface area contributed by atoms with Crippen molar-refractivity contribution in [3.63, 3.8) is 0 Å². The minimum atomic E-state index is -0.687. The van der Waals surface area contributed by atoms with Crippen LogP contribution in [0, 0.1) is 6.92 Å². The Morgan fingerprint density at radius 3 is 2.55 bits per heavy atom. The number of rotatable bonds is 2. The van der Waals surface area contributed by atoms with Gasteiger partial charge in [-0.25, -0.2) is 4.79 Å². The first-order chi connectivity index (χ1) is 9.45. The maximum atomic E-state index is 11.8. The average Bonchev–Trinajstić information content (AvgIpc) is 2.77. The van der Waals surface area contributed by atoms with Gasteiger partial charge in [0.05, 0.1) is 10.0 Å². The Morgan fingerprint density at radius 2 is 1.95 bits per heavy atom. The number of imide groups is 1. The smallest absolute Gasteiger partial charge is 0.291 e. The van der Waals surface area contributed by atoms with E-state index >= 15 is 0 Å². The number of benzene rings is 1. The first-order valence-corrected chi connectivity index (χ1v) is 6.30. The second kappa shape index (κ2) is 5.94. The van der Waals surface area contributed by atoms with Crippen molar-refractivity contribution in [2.24, 2.45) is 0 Å². The van der Waals surface area contributed by atoms with Gasteiger partial charge in [-0.3, -0.25) is 20.5 Å². The van der Waals surface area contributed by atoms with Crippen LogP contribution in [0.15, 0.2) is 24.3 Å². The molecule has 1 heterocycles. The summed E-state index contributed by atoms with van der Waals surface area (Å²) < 4.78 is 0. The summed E-state index contributed by atoms with van der Waals surface area (Å²) in [7, 11) is 0. The molecular weight excluding hydrogens is 303 g/mol. The third-order valence-electron chi connectivity index (χ3n) is 2.36. The maximum Gasteiger partial charge on any atom is 0.327 e. The van der Waals surface area contributed by atoms with Crippen molar-refractivity contribution in [3.05, 3.63) is 45.6 Å². The Balaban J connectivity index is 2.00. The van der Waals surface area contributed by atoms with Crippen molar-refractivity contribution in [1.82, 2.24) is 15.5 Å². The van der Waals surface area contributed by atoms with Gasteiger partial charge in [0.25, 0.3) is 5.91 Å². The van der Waals surface area contributed by atoms with E-state index in [1.54, 1.807) is 13.0 Å². The Bertz CT molecular complexity index is 669. The van der Waals surface area contributed by atoms with Crippen LogP contribution in [0.2, 0.25) is 10.0 Å². The number of H-pyrrole nitrogens is 1. The quantitative estimate of drug-likeness (QED) is 0.796. The number of nitrogens with one attached hydrogen (secondary N) is 3. The van der Waals surface area contributed by atoms with E-state index in [1.807, 2.05) is 0 Å². The van der Waals surface area contributed by atoms with Crippen molar-refractivity contribution < 1.29 is 9.59 Å². The molecule has 0 aliphatic rings. The topological polar surface area (TPSA) is 86.9 Å². The molecule has 0 spiro atoms. The van der Waals surface area contributed by atoms with Gasteiger partial charge in [0.1, 0.15) is 0 Å². The number of carbonyl (C=O) groups is 2. The molecule has 0 radical (unpaired) electrons. The number of nitrogens with zero attached hydrogens (tertiary/aromatic N) is 1. The molecule has 2 aromatic rings. The van der Waals surface area contributed by atoms with E-state index in [9.17, 15) is 9.59 Å². The highest BCUT2D eigenvalue weighted by molar-refractivity contribution is 6.42. The maximum absolute atomic E-state index is 11.8. The second-order valence-electron chi connectivity index (χ2n) is 3.97. The zero-order chi connectivity index (χ0) is 14.7. The highest BCUT2D eigenvalue weighted by Crippen LogP contribution is 2.22. The van der Waals surface area contributed by atoms with E-state index in [0.717, 1.165) is 5.69 Å². The molecule has 0 bridgehead atoms. The number of hydrogen-bond donors (Lipinski definition) is 3. The average molecular weight is 313 g/mol. The fourth-order valence-electron chi connectivity index (χ4n) is 1.44. The van der Waals surface area contributed by atoms with Gasteiger partial charge in [-0.1, -0.05) is 23.2 Å². The van der Waals surface area contributed by atoms with E-state index in [4.69, 9.17) is 23.2 Å². The minimum absolute atomic E-state index is 0.229. The fourth-order valence-corrected chi connectivity index (χ4v) is 1.74. The van der Waals surface area contributed by atoms with Gasteiger partial charge >= 0.3 is 6.03 Å². The molecule has 0 fully saturated rings. The zero-order valence-corrected chi connectivity index (χ0v) is 11.8. The Kier molecular flexibility index (Phi) is 4.26. The third-order valence-corrected chi connectivity index (χ3v) is 3.10. The van der Waals surface area contributed by atoms with Crippen LogP contribution in [-0.4, -0.2) is 22.1 Å². The Labute approximate surface area is 124 Å². The number of halogens is 2. The molecule has 0 saturated heterocycles. The third kappa shape index (κ3) is 3.49. The molecule has 3 amide bonds. The number of carbonyl (C=O) groups excluding carboxylic acids is 2. The summed E-state index contributed by atoms with van der Waals surface area (Å²) in [5.74, 6) is -0.268. The van der Waals surface area contributed by atoms with E-state index in [-0.39, 0.29) is 10.6 Å². The number of aryl methyl sites for hydroxylation is 1. The lowest BCUT2D eigenvalue weighted by Gasteiger charge is -2.05. The monoisotopic (exact) mass is 312 g/mol. The van der Waals surface area contributed by atoms with Crippen LogP contribution >= 0.6 is 23.2 Å². The van der Waals surface area contributed by atoms with Gasteiger partial charge in [-0.2, -0.15) is 5.10 Å². The summed E-state index contributed by atoms with van der Waals surface area (Å²) >= 11 is 11.5. The summed E-state index contributed by atoms with van der Waals surface area (Å²) in [6, 6.07) is 5.27. The van der Waals surface area contributed by atoms with Gasteiger partial charge in [-0.05, 0) is 25.1 Å². The Hall–Kier alpha value is -2.05. The van der Waals surface area contributed by atoms with E-state index < -0.39 is 11.9 Å². The molecule has 20 heavy (non-hydrogen) atoms. The number of amides is 3. The summed E-state index contributed by atoms with van der Waals surface area (Å²) in [5, 5.41) is 11.6. The van der Waals surface area contributed by atoms with Crippen LogP contribution in [0.3, 0.4) is 0 Å². The molecule has 2 rings (SSSR count). The molecular formula is C12H10Cl2N4O2. The van der Waals surface area contributed by atoms with Crippen LogP contribution < -0.4 is 10.6 Å². The minimum Gasteiger partial charge on any atom is -0.291 e. The summed E-state index contributed by atoms with van der Waals surface area (Å²) in [6.45, 7) is 1.79. The molecule has 6 nitrogen and oxygen atoms in total. The van der Waals surface area contributed by atoms with Crippen molar-refractivity contribution >= 4 is 41.0 Å². The van der Waals surface area contributed by atoms with Gasteiger partial charge in [0.2, 0.25) is 0 Å². The molecule has 0 saturated carbocycles. The number of aromatic amines is 1. The van der Waals surface area contributed by atoms with Gasteiger partial charge < -0.3 is 0 Å². The first-order valence-electron chi connectivity index (χ1n) is 5.55. The lowest BCUT2D eigenvalue weighted by molar-refractivity contribution is 0.0967. The molecule has 1 aromatic carbocycles. The highest BCUT2D eigenvalue weighted by Gasteiger charge is 2.12. The summed E-state index contributed by atoms with van der Waals surface area (Å²) in [5.41, 5.74) is 1.02. The normalized spacial score (nSPS) is 10.2. The second-order valence-corrected chi connectivity index (χ2v) is 4.79. The highest BCUT2D eigenvalue weighted by atomic mass is 35.5. The van der Waals surface area contributed by atoms with Crippen molar-refractivity contribution in [2.45, 2.75) is 6.92 Å². The van der Waals surface area contributed by atoms with Crippen LogP contribution in [0.5, 0.6) is 0 Å². The molecule has 1 aromatic heterocycles. The van der Waals surface area contributed by atoms with Crippen molar-refractivity contribution in [1.29, 1.82) is 0 Å². The number of hydrogen-bond acceptors (Lipinski definition) is 3. The number of urea groups is 1. The summed E-state index contributed by atoms with van der Waals surface area (Å²) in [6.07, 6.45) is 0. The SMILES string of the molecule is Cc1cc(NC(=O)NC(=O)c2ccc(Cl)c(Cl)c2)n[nH]1. The first kappa shape index (κ1) is 14.4. The number of anilines is 1. The largest absolute Gasteiger partial charge is 0.327 e. The van der Waals surface area contributed by atoms with E-state index in [0.29, 0.717) is 10.8 Å².